The third-order valence-corrected chi connectivity index (χ3v) is 3.29. The van der Waals surface area contributed by atoms with Crippen molar-refractivity contribution in [3.63, 3.8) is 0 Å². The molecule has 0 heterocycles. The molecule has 15 heavy (non-hydrogen) atoms. The molecule has 1 aromatic carbocycles. The smallest absolute Gasteiger partial charge is 0.227 e. The summed E-state index contributed by atoms with van der Waals surface area (Å²) >= 11 is 5.97. The number of carbonyl (C=O) groups excluding carboxylic acids is 1. The van der Waals surface area contributed by atoms with Gasteiger partial charge >= 0.3 is 0 Å². The van der Waals surface area contributed by atoms with E-state index < -0.39 is 0 Å². The zero-order chi connectivity index (χ0) is 11.0. The monoisotopic (exact) mass is 223 g/mol. The first-order valence-electron chi connectivity index (χ1n) is 5.15. The molecule has 2 unspecified atom stereocenters. The number of aryl methyl sites for hydroxylation is 1. The Morgan fingerprint density at radius 1 is 1.53 bits per heavy atom. The number of hydrogen-bond acceptors (Lipinski definition) is 1. The number of hydrogen-bond donors (Lipinski definition) is 1. The first kappa shape index (κ1) is 10.5. The lowest BCUT2D eigenvalue weighted by molar-refractivity contribution is -0.117. The molecule has 1 aromatic rings. The average molecular weight is 224 g/mol. The predicted octanol–water partition coefficient (Wildman–Crippen LogP) is 3.24. The summed E-state index contributed by atoms with van der Waals surface area (Å²) in [6, 6.07) is 5.59. The highest BCUT2D eigenvalue weighted by molar-refractivity contribution is 6.31. The highest BCUT2D eigenvalue weighted by Gasteiger charge is 2.39. The fraction of sp³-hybridized carbons (Fsp3) is 0.417. The molecule has 1 aliphatic carbocycles. The van der Waals surface area contributed by atoms with Gasteiger partial charge in [-0.1, -0.05) is 24.6 Å². The van der Waals surface area contributed by atoms with E-state index in [1.54, 1.807) is 6.07 Å². The van der Waals surface area contributed by atoms with Crippen molar-refractivity contribution in [2.75, 3.05) is 5.32 Å². The molecule has 1 aliphatic rings. The standard InChI is InChI=1S/C12H14ClNO/c1-7-3-4-9(6-11(7)13)14-12(15)10-5-8(10)2/h3-4,6,8,10H,5H2,1-2H3,(H,14,15). The molecular formula is C12H14ClNO. The second-order valence-electron chi connectivity index (χ2n) is 4.27. The molecule has 0 aromatic heterocycles. The van der Waals surface area contributed by atoms with Crippen molar-refractivity contribution >= 4 is 23.2 Å². The zero-order valence-corrected chi connectivity index (χ0v) is 9.64. The van der Waals surface area contributed by atoms with Crippen LogP contribution in [-0.4, -0.2) is 5.91 Å². The Morgan fingerprint density at radius 3 is 2.73 bits per heavy atom. The summed E-state index contributed by atoms with van der Waals surface area (Å²) in [4.78, 5) is 11.6. The molecule has 1 fully saturated rings. The fourth-order valence-corrected chi connectivity index (χ4v) is 1.77. The largest absolute Gasteiger partial charge is 0.326 e. The van der Waals surface area contributed by atoms with E-state index in [4.69, 9.17) is 11.6 Å². The molecule has 80 valence electrons. The van der Waals surface area contributed by atoms with Crippen molar-refractivity contribution in [3.05, 3.63) is 28.8 Å². The first-order chi connectivity index (χ1) is 7.08. The third-order valence-electron chi connectivity index (χ3n) is 2.89. The Bertz CT molecular complexity index is 403. The summed E-state index contributed by atoms with van der Waals surface area (Å²) < 4.78 is 0. The molecule has 2 rings (SSSR count). The van der Waals surface area contributed by atoms with Crippen molar-refractivity contribution in [3.8, 4) is 0 Å². The van der Waals surface area contributed by atoms with Crippen LogP contribution < -0.4 is 5.32 Å². The van der Waals surface area contributed by atoms with E-state index in [0.717, 1.165) is 17.7 Å². The number of benzene rings is 1. The van der Waals surface area contributed by atoms with Crippen LogP contribution in [0.3, 0.4) is 0 Å². The lowest BCUT2D eigenvalue weighted by Crippen LogP contribution is -2.14. The quantitative estimate of drug-likeness (QED) is 0.820. The second-order valence-corrected chi connectivity index (χ2v) is 4.68. The van der Waals surface area contributed by atoms with Gasteiger partial charge in [-0.25, -0.2) is 0 Å². The second kappa shape index (κ2) is 3.86. The van der Waals surface area contributed by atoms with Gasteiger partial charge in [0, 0.05) is 16.6 Å². The van der Waals surface area contributed by atoms with Crippen molar-refractivity contribution in [1.82, 2.24) is 0 Å². The van der Waals surface area contributed by atoms with E-state index in [1.165, 1.54) is 0 Å². The van der Waals surface area contributed by atoms with Crippen LogP contribution in [0.4, 0.5) is 5.69 Å². The van der Waals surface area contributed by atoms with E-state index in [2.05, 4.69) is 12.2 Å². The molecule has 0 saturated heterocycles. The number of halogens is 1. The van der Waals surface area contributed by atoms with Gasteiger partial charge in [-0.15, -0.1) is 0 Å². The number of carbonyl (C=O) groups is 1. The van der Waals surface area contributed by atoms with Crippen LogP contribution in [0, 0.1) is 18.8 Å². The lowest BCUT2D eigenvalue weighted by Gasteiger charge is -2.06. The van der Waals surface area contributed by atoms with Crippen molar-refractivity contribution < 1.29 is 4.79 Å². The van der Waals surface area contributed by atoms with Gasteiger partial charge in [-0.3, -0.25) is 4.79 Å². The molecule has 3 heteroatoms. The normalized spacial score (nSPS) is 23.7. The predicted molar refractivity (Wildman–Crippen MR) is 62.1 cm³/mol. The Hall–Kier alpha value is -1.02. The summed E-state index contributed by atoms with van der Waals surface area (Å²) in [5, 5.41) is 3.57. The summed E-state index contributed by atoms with van der Waals surface area (Å²) in [6.07, 6.45) is 1.01. The van der Waals surface area contributed by atoms with E-state index >= 15 is 0 Å². The first-order valence-corrected chi connectivity index (χ1v) is 5.52. The summed E-state index contributed by atoms with van der Waals surface area (Å²) in [5.41, 5.74) is 1.81. The molecule has 0 radical (unpaired) electrons. The fourth-order valence-electron chi connectivity index (χ4n) is 1.59. The molecule has 2 nitrogen and oxygen atoms in total. The van der Waals surface area contributed by atoms with Crippen LogP contribution in [0.5, 0.6) is 0 Å². The van der Waals surface area contributed by atoms with E-state index in [0.29, 0.717) is 10.9 Å². The number of nitrogens with one attached hydrogen (secondary N) is 1. The SMILES string of the molecule is Cc1ccc(NC(=O)C2CC2C)cc1Cl. The number of rotatable bonds is 2. The highest BCUT2D eigenvalue weighted by atomic mass is 35.5. The van der Waals surface area contributed by atoms with Gasteiger partial charge in [-0.05, 0) is 37.0 Å². The average Bonchev–Trinajstić information content (AvgIpc) is 2.89. The Kier molecular flexibility index (Phi) is 2.70. The van der Waals surface area contributed by atoms with E-state index in [1.807, 2.05) is 19.1 Å². The van der Waals surface area contributed by atoms with Gasteiger partial charge in [0.15, 0.2) is 0 Å². The third kappa shape index (κ3) is 2.32. The molecule has 0 aliphatic heterocycles. The Balaban J connectivity index is 2.04. The molecular weight excluding hydrogens is 210 g/mol. The van der Waals surface area contributed by atoms with Crippen LogP contribution >= 0.6 is 11.6 Å². The van der Waals surface area contributed by atoms with Crippen molar-refractivity contribution in [2.45, 2.75) is 20.3 Å². The van der Waals surface area contributed by atoms with Gasteiger partial charge in [0.05, 0.1) is 0 Å². The van der Waals surface area contributed by atoms with Crippen LogP contribution in [0.15, 0.2) is 18.2 Å². The molecule has 0 spiro atoms. The number of amides is 1. The van der Waals surface area contributed by atoms with Crippen molar-refractivity contribution in [2.24, 2.45) is 11.8 Å². The van der Waals surface area contributed by atoms with Gasteiger partial charge in [-0.2, -0.15) is 0 Å². The topological polar surface area (TPSA) is 29.1 Å². The van der Waals surface area contributed by atoms with Crippen LogP contribution in [0.2, 0.25) is 5.02 Å². The lowest BCUT2D eigenvalue weighted by atomic mass is 10.2. The minimum Gasteiger partial charge on any atom is -0.326 e. The van der Waals surface area contributed by atoms with Gasteiger partial charge in [0.2, 0.25) is 5.91 Å². The van der Waals surface area contributed by atoms with Crippen LogP contribution in [-0.2, 0) is 4.79 Å². The molecule has 1 amide bonds. The zero-order valence-electron chi connectivity index (χ0n) is 8.88. The van der Waals surface area contributed by atoms with Crippen LogP contribution in [0.1, 0.15) is 18.9 Å². The summed E-state index contributed by atoms with van der Waals surface area (Å²) in [7, 11) is 0. The van der Waals surface area contributed by atoms with E-state index in [9.17, 15) is 4.79 Å². The molecule has 0 bridgehead atoms. The summed E-state index contributed by atoms with van der Waals surface area (Å²) in [6.45, 7) is 4.03. The summed E-state index contributed by atoms with van der Waals surface area (Å²) in [5.74, 6) is 0.846. The minimum atomic E-state index is 0.113. The van der Waals surface area contributed by atoms with Crippen molar-refractivity contribution in [1.29, 1.82) is 0 Å². The maximum absolute atomic E-state index is 11.6. The Labute approximate surface area is 94.6 Å². The van der Waals surface area contributed by atoms with Gasteiger partial charge in [0.1, 0.15) is 0 Å². The Morgan fingerprint density at radius 2 is 2.20 bits per heavy atom. The molecule has 2 atom stereocenters. The highest BCUT2D eigenvalue weighted by Crippen LogP contribution is 2.38. The van der Waals surface area contributed by atoms with Gasteiger partial charge < -0.3 is 5.32 Å². The molecule has 1 saturated carbocycles. The maximum Gasteiger partial charge on any atom is 0.227 e. The number of anilines is 1. The van der Waals surface area contributed by atoms with E-state index in [-0.39, 0.29) is 11.8 Å². The maximum atomic E-state index is 11.6. The minimum absolute atomic E-state index is 0.113. The molecule has 1 N–H and O–H groups in total. The van der Waals surface area contributed by atoms with Crippen LogP contribution in [0.25, 0.3) is 0 Å². The van der Waals surface area contributed by atoms with Gasteiger partial charge in [0.25, 0.3) is 0 Å².